The predicted molar refractivity (Wildman–Crippen MR) is 105 cm³/mol. The Bertz CT molecular complexity index is 1200. The topological polar surface area (TPSA) is 110 Å². The van der Waals surface area contributed by atoms with Crippen molar-refractivity contribution in [3.8, 4) is 0 Å². The van der Waals surface area contributed by atoms with Crippen molar-refractivity contribution in [3.05, 3.63) is 53.7 Å². The van der Waals surface area contributed by atoms with Crippen LogP contribution in [0.25, 0.3) is 11.0 Å². The average molecular weight is 471 g/mol. The molecule has 0 radical (unpaired) electrons. The number of nitrogens with one attached hydrogen (secondary N) is 2. The molecule has 1 aromatic carbocycles. The quantitative estimate of drug-likeness (QED) is 0.165. The van der Waals surface area contributed by atoms with Gasteiger partial charge in [0, 0.05) is 17.8 Å². The highest BCUT2D eigenvalue weighted by Gasteiger charge is 2.41. The van der Waals surface area contributed by atoms with Crippen molar-refractivity contribution in [2.24, 2.45) is 10.7 Å². The summed E-state index contributed by atoms with van der Waals surface area (Å²) in [7, 11) is 0. The summed E-state index contributed by atoms with van der Waals surface area (Å²) in [6.07, 6.45) is -2.32. The molecule has 0 unspecified atom stereocenters. The molecular formula is C19H15F6N7O. The van der Waals surface area contributed by atoms with Crippen LogP contribution in [0.1, 0.15) is 23.6 Å². The molecule has 2 heterocycles. The van der Waals surface area contributed by atoms with Gasteiger partial charge >= 0.3 is 18.7 Å². The van der Waals surface area contributed by atoms with Crippen molar-refractivity contribution in [2.45, 2.75) is 31.1 Å². The zero-order chi connectivity index (χ0) is 23.8. The van der Waals surface area contributed by atoms with Crippen LogP contribution in [0.5, 0.6) is 0 Å². The summed E-state index contributed by atoms with van der Waals surface area (Å²) in [5.41, 5.74) is 7.28. The fourth-order valence-corrected chi connectivity index (χ4v) is 3.14. The normalized spacial score (nSPS) is 18.6. The van der Waals surface area contributed by atoms with Gasteiger partial charge in [-0.25, -0.2) is 19.3 Å². The molecule has 3 aromatic rings. The van der Waals surface area contributed by atoms with E-state index in [0.29, 0.717) is 23.9 Å². The van der Waals surface area contributed by atoms with Crippen molar-refractivity contribution in [1.29, 1.82) is 0 Å². The van der Waals surface area contributed by atoms with Gasteiger partial charge in [0.2, 0.25) is 0 Å². The maximum absolute atomic E-state index is 14.4. The van der Waals surface area contributed by atoms with E-state index in [1.165, 1.54) is 30.5 Å². The minimum Gasteiger partial charge on any atom is -0.371 e. The van der Waals surface area contributed by atoms with E-state index in [1.54, 1.807) is 0 Å². The highest BCUT2D eigenvalue weighted by Crippen LogP contribution is 2.43. The third-order valence-electron chi connectivity index (χ3n) is 4.74. The first-order valence-corrected chi connectivity index (χ1v) is 9.41. The number of rotatable bonds is 6. The van der Waals surface area contributed by atoms with Crippen LogP contribution in [0.2, 0.25) is 0 Å². The van der Waals surface area contributed by atoms with Crippen LogP contribution in [0.15, 0.2) is 41.7 Å². The second-order valence-electron chi connectivity index (χ2n) is 7.06. The molecule has 8 nitrogen and oxygen atoms in total. The van der Waals surface area contributed by atoms with Crippen molar-refractivity contribution in [3.63, 3.8) is 0 Å². The number of fused-ring (bicyclic) bond motifs is 1. The largest absolute Gasteiger partial charge is 0.434 e. The van der Waals surface area contributed by atoms with E-state index in [9.17, 15) is 26.3 Å². The zero-order valence-electron chi connectivity index (χ0n) is 16.4. The Balaban J connectivity index is 1.51. The summed E-state index contributed by atoms with van der Waals surface area (Å²) in [4.78, 5) is 18.9. The number of alkyl halides is 5. The first-order valence-electron chi connectivity index (χ1n) is 9.41. The minimum absolute atomic E-state index is 0.0173. The predicted octanol–water partition coefficient (Wildman–Crippen LogP) is 3.84. The number of pyridine rings is 1. The minimum atomic E-state index is -4.64. The van der Waals surface area contributed by atoms with Gasteiger partial charge < -0.3 is 15.9 Å². The molecule has 1 saturated carbocycles. The van der Waals surface area contributed by atoms with Gasteiger partial charge in [0.15, 0.2) is 11.5 Å². The Kier molecular flexibility index (Phi) is 5.93. The van der Waals surface area contributed by atoms with Gasteiger partial charge in [-0.05, 0) is 36.2 Å². The summed E-state index contributed by atoms with van der Waals surface area (Å²) >= 11 is 0. The molecule has 1 aliphatic carbocycles. The molecule has 0 amide bonds. The van der Waals surface area contributed by atoms with E-state index >= 15 is 0 Å². The van der Waals surface area contributed by atoms with E-state index in [2.05, 4.69) is 30.7 Å². The fourth-order valence-electron chi connectivity index (χ4n) is 3.14. The lowest BCUT2D eigenvalue weighted by Gasteiger charge is -2.12. The van der Waals surface area contributed by atoms with Crippen LogP contribution in [-0.4, -0.2) is 33.6 Å². The molecule has 4 rings (SSSR count). The Morgan fingerprint density at radius 2 is 2.00 bits per heavy atom. The summed E-state index contributed by atoms with van der Waals surface area (Å²) < 4.78 is 77.2. The number of aliphatic imine (C=N–C) groups is 1. The van der Waals surface area contributed by atoms with E-state index in [1.807, 2.05) is 0 Å². The summed E-state index contributed by atoms with van der Waals surface area (Å²) in [6, 6.07) is 4.29. The maximum Gasteiger partial charge on any atom is 0.434 e. The first-order chi connectivity index (χ1) is 15.6. The van der Waals surface area contributed by atoms with E-state index in [4.69, 9.17) is 10.6 Å². The van der Waals surface area contributed by atoms with Crippen LogP contribution in [0.3, 0.4) is 0 Å². The summed E-state index contributed by atoms with van der Waals surface area (Å²) in [6.45, 7) is -3.02. The fraction of sp³-hybridized carbons (Fsp3) is 0.263. The van der Waals surface area contributed by atoms with Crippen LogP contribution < -0.4 is 16.5 Å². The van der Waals surface area contributed by atoms with Gasteiger partial charge in [-0.2, -0.15) is 26.9 Å². The molecule has 1 aliphatic rings. The third-order valence-corrected chi connectivity index (χ3v) is 4.74. The molecular weight excluding hydrogens is 456 g/mol. The highest BCUT2D eigenvalue weighted by molar-refractivity contribution is 5.87. The standard InChI is InChI=1S/C19H15F6N7O/c20-11-2-1-8(5-9(11)10-6-13(10)32-33-18(26)31-17(21)22)29-16-15-12(3-4-27-16)30-14(7-28-15)19(23,24)25/h1-5,7,10,13,17,32H,6H2,(H2,26,31)(H,27,29)/t10-,13-/m1/s1. The maximum atomic E-state index is 14.4. The van der Waals surface area contributed by atoms with Gasteiger partial charge in [0.1, 0.15) is 11.3 Å². The molecule has 1 fully saturated rings. The highest BCUT2D eigenvalue weighted by atomic mass is 19.4. The van der Waals surface area contributed by atoms with Crippen molar-refractivity contribution < 1.29 is 31.2 Å². The average Bonchev–Trinajstić information content (AvgIpc) is 3.52. The lowest BCUT2D eigenvalue weighted by atomic mass is 10.1. The number of hydrogen-bond acceptors (Lipinski definition) is 7. The van der Waals surface area contributed by atoms with E-state index < -0.39 is 30.3 Å². The third kappa shape index (κ3) is 5.22. The van der Waals surface area contributed by atoms with Gasteiger partial charge in [-0.3, -0.25) is 0 Å². The summed E-state index contributed by atoms with van der Waals surface area (Å²) in [5.74, 6) is -0.707. The number of aromatic nitrogens is 3. The number of benzene rings is 1. The van der Waals surface area contributed by atoms with Crippen molar-refractivity contribution >= 4 is 28.6 Å². The number of halogens is 6. The monoisotopic (exact) mass is 471 g/mol. The Morgan fingerprint density at radius 3 is 2.73 bits per heavy atom. The lowest BCUT2D eigenvalue weighted by Crippen LogP contribution is -2.29. The Hall–Kier alpha value is -3.68. The smallest absolute Gasteiger partial charge is 0.371 e. The van der Waals surface area contributed by atoms with Crippen LogP contribution in [-0.2, 0) is 11.0 Å². The van der Waals surface area contributed by atoms with Gasteiger partial charge in [-0.1, -0.05) is 0 Å². The number of nitrogens with two attached hydrogens (primary N) is 1. The summed E-state index contributed by atoms with van der Waals surface area (Å²) in [5, 5.41) is 2.91. The van der Waals surface area contributed by atoms with Crippen molar-refractivity contribution in [1.82, 2.24) is 20.4 Å². The SMILES string of the molecule is N/C(=N/C(F)F)ON[C@@H]1C[C@@H]1c1cc(Nc2nccc3nc(C(F)(F)F)cnc23)ccc1F. The van der Waals surface area contributed by atoms with Gasteiger partial charge in [0.25, 0.3) is 0 Å². The van der Waals surface area contributed by atoms with Gasteiger partial charge in [0.05, 0.1) is 17.8 Å². The molecule has 33 heavy (non-hydrogen) atoms. The number of amidine groups is 1. The number of hydroxylamine groups is 1. The molecule has 174 valence electrons. The number of nitrogens with zero attached hydrogens (tertiary/aromatic N) is 4. The molecule has 4 N–H and O–H groups in total. The van der Waals surface area contributed by atoms with Crippen molar-refractivity contribution in [2.75, 3.05) is 5.32 Å². The van der Waals surface area contributed by atoms with Crippen LogP contribution >= 0.6 is 0 Å². The molecule has 2 atom stereocenters. The second-order valence-corrected chi connectivity index (χ2v) is 7.06. The number of hydrogen-bond donors (Lipinski definition) is 3. The van der Waals surface area contributed by atoms with E-state index in [-0.39, 0.29) is 28.8 Å². The molecule has 0 aliphatic heterocycles. The van der Waals surface area contributed by atoms with Gasteiger partial charge in [-0.15, -0.1) is 5.48 Å². The Labute approximate surface area is 181 Å². The second kappa shape index (κ2) is 8.69. The Morgan fingerprint density at radius 1 is 1.21 bits per heavy atom. The van der Waals surface area contributed by atoms with Crippen LogP contribution in [0.4, 0.5) is 37.8 Å². The van der Waals surface area contributed by atoms with Crippen LogP contribution in [0, 0.1) is 5.82 Å². The van der Waals surface area contributed by atoms with E-state index in [0.717, 1.165) is 0 Å². The molecule has 0 bridgehead atoms. The number of anilines is 2. The lowest BCUT2D eigenvalue weighted by molar-refractivity contribution is -0.141. The molecule has 2 aromatic heterocycles. The molecule has 14 heteroatoms. The zero-order valence-corrected chi connectivity index (χ0v) is 16.4. The first kappa shape index (κ1) is 22.5. The molecule has 0 saturated heterocycles. The molecule has 0 spiro atoms.